The van der Waals surface area contributed by atoms with Crippen LogP contribution in [0.25, 0.3) is 72.8 Å². The van der Waals surface area contributed by atoms with Gasteiger partial charge in [0.25, 0.3) is 0 Å². The molecule has 5 nitrogen and oxygen atoms in total. The van der Waals surface area contributed by atoms with E-state index in [2.05, 4.69) is 115 Å². The second-order valence-electron chi connectivity index (χ2n) is 16.5. The molecule has 272 valence electrons. The highest BCUT2D eigenvalue weighted by Crippen LogP contribution is 2.54. The Bertz CT molecular complexity index is 2740. The molecule has 2 bridgehead atoms. The fourth-order valence-corrected chi connectivity index (χ4v) is 10.5. The Morgan fingerprint density at radius 1 is 0.571 bits per heavy atom. The molecule has 2 fully saturated rings. The fraction of sp³-hybridized carbons (Fsp3) is 0.216. The minimum Gasteiger partial charge on any atom is -0.308 e. The number of nitrogens with zero attached hydrogens (tertiary/aromatic N) is 5. The van der Waals surface area contributed by atoms with Crippen molar-refractivity contribution in [2.24, 2.45) is 17.8 Å². The van der Waals surface area contributed by atoms with Crippen LogP contribution >= 0.6 is 0 Å². The van der Waals surface area contributed by atoms with Gasteiger partial charge in [0.2, 0.25) is 0 Å². The first kappa shape index (κ1) is 34.1. The first-order chi connectivity index (χ1) is 27.5. The fourth-order valence-electron chi connectivity index (χ4n) is 10.5. The van der Waals surface area contributed by atoms with Gasteiger partial charge in [0, 0.05) is 33.2 Å². The zero-order valence-corrected chi connectivity index (χ0v) is 31.9. The second kappa shape index (κ2) is 13.7. The number of benzene rings is 6. The molecule has 2 aromatic heterocycles. The lowest BCUT2D eigenvalue weighted by molar-refractivity contribution is 0.0780. The molecule has 2 aliphatic carbocycles. The standard InChI is InChI=1S/C51H43N5/c1-33-27-36-28-34(2)30-51(29-33,31-36)40-25-23-37(24-26-40)42-15-10-18-45-46(42)43-16-9-17-44(47(43)56(45)41-13-7-4-8-14-41)50-54-48(38-11-5-3-6-12-38)53-49(55-50)39-21-19-35(32-52)20-22-39/h3-26,33-34,36H,27-31H2,1-2H3/t33-,34+,36-,51?. The van der Waals surface area contributed by atoms with Gasteiger partial charge < -0.3 is 4.57 Å². The summed E-state index contributed by atoms with van der Waals surface area (Å²) in [5, 5.41) is 11.8. The Morgan fingerprint density at radius 3 is 1.84 bits per heavy atom. The van der Waals surface area contributed by atoms with Crippen LogP contribution in [0.4, 0.5) is 0 Å². The Hall–Kier alpha value is -6.38. The van der Waals surface area contributed by atoms with E-state index in [-0.39, 0.29) is 0 Å². The third kappa shape index (κ3) is 5.88. The molecule has 2 aliphatic rings. The van der Waals surface area contributed by atoms with E-state index in [4.69, 9.17) is 15.0 Å². The molecule has 8 aromatic rings. The minimum atomic E-state index is 0.294. The topological polar surface area (TPSA) is 67.4 Å². The average molecular weight is 726 g/mol. The van der Waals surface area contributed by atoms with Gasteiger partial charge in [-0.25, -0.2) is 15.0 Å². The molecule has 5 heteroatoms. The van der Waals surface area contributed by atoms with Crippen LogP contribution in [-0.2, 0) is 5.41 Å². The van der Waals surface area contributed by atoms with Gasteiger partial charge in [-0.05, 0) is 120 Å². The van der Waals surface area contributed by atoms with E-state index in [9.17, 15) is 5.26 Å². The van der Waals surface area contributed by atoms with Crippen molar-refractivity contribution in [3.05, 3.63) is 157 Å². The summed E-state index contributed by atoms with van der Waals surface area (Å²) >= 11 is 0. The molecule has 0 amide bonds. The molecule has 0 spiro atoms. The van der Waals surface area contributed by atoms with Crippen LogP contribution in [0.5, 0.6) is 0 Å². The third-order valence-electron chi connectivity index (χ3n) is 12.4. The van der Waals surface area contributed by atoms with Gasteiger partial charge in [-0.15, -0.1) is 0 Å². The highest BCUT2D eigenvalue weighted by molar-refractivity contribution is 6.18. The van der Waals surface area contributed by atoms with Crippen molar-refractivity contribution < 1.29 is 0 Å². The lowest BCUT2D eigenvalue weighted by Crippen LogP contribution is -2.42. The van der Waals surface area contributed by atoms with Crippen LogP contribution in [0.15, 0.2) is 146 Å². The van der Waals surface area contributed by atoms with Crippen molar-refractivity contribution in [2.75, 3.05) is 0 Å². The van der Waals surface area contributed by atoms with E-state index in [1.54, 1.807) is 0 Å². The third-order valence-corrected chi connectivity index (χ3v) is 12.4. The summed E-state index contributed by atoms with van der Waals surface area (Å²) in [6, 6.07) is 53.2. The summed E-state index contributed by atoms with van der Waals surface area (Å²) in [5.41, 5.74) is 10.8. The summed E-state index contributed by atoms with van der Waals surface area (Å²) in [7, 11) is 0. The first-order valence-corrected chi connectivity index (χ1v) is 20.0. The summed E-state index contributed by atoms with van der Waals surface area (Å²) in [5.74, 6) is 4.16. The van der Waals surface area contributed by atoms with E-state index in [0.29, 0.717) is 28.5 Å². The van der Waals surface area contributed by atoms with Crippen molar-refractivity contribution in [3.8, 4) is 57.0 Å². The molecule has 10 rings (SSSR count). The molecule has 1 unspecified atom stereocenters. The number of para-hydroxylation sites is 2. The van der Waals surface area contributed by atoms with Crippen molar-refractivity contribution in [3.63, 3.8) is 0 Å². The van der Waals surface area contributed by atoms with Crippen LogP contribution in [0.2, 0.25) is 0 Å². The smallest absolute Gasteiger partial charge is 0.166 e. The molecular formula is C51H43N5. The van der Waals surface area contributed by atoms with E-state index in [1.165, 1.54) is 54.2 Å². The number of rotatable bonds is 6. The molecule has 6 aromatic carbocycles. The van der Waals surface area contributed by atoms with E-state index in [1.807, 2.05) is 54.6 Å². The lowest BCUT2D eigenvalue weighted by atomic mass is 9.54. The van der Waals surface area contributed by atoms with E-state index >= 15 is 0 Å². The van der Waals surface area contributed by atoms with E-state index < -0.39 is 0 Å². The van der Waals surface area contributed by atoms with Crippen molar-refractivity contribution >= 4 is 21.8 Å². The van der Waals surface area contributed by atoms with Gasteiger partial charge in [-0.2, -0.15) is 5.26 Å². The van der Waals surface area contributed by atoms with E-state index in [0.717, 1.165) is 56.6 Å². The SMILES string of the molecule is C[C@@H]1C[C@@H]2C[C@H](C)CC(c3ccc(-c4cccc5c4c4cccc(-c6nc(-c7ccccc7)nc(-c7ccc(C#N)cc7)n6)c4n5-c4ccccc4)cc3)(C1)C2. The van der Waals surface area contributed by atoms with Crippen molar-refractivity contribution in [2.45, 2.75) is 51.4 Å². The molecule has 2 saturated carbocycles. The maximum absolute atomic E-state index is 9.48. The van der Waals surface area contributed by atoms with Crippen molar-refractivity contribution in [1.29, 1.82) is 5.26 Å². The number of nitriles is 1. The number of hydrogen-bond donors (Lipinski definition) is 0. The van der Waals surface area contributed by atoms with Crippen LogP contribution in [0.3, 0.4) is 0 Å². The Morgan fingerprint density at radius 2 is 1.16 bits per heavy atom. The largest absolute Gasteiger partial charge is 0.308 e. The summed E-state index contributed by atoms with van der Waals surface area (Å²) < 4.78 is 2.37. The van der Waals surface area contributed by atoms with Crippen LogP contribution < -0.4 is 0 Å². The maximum Gasteiger partial charge on any atom is 0.166 e. The first-order valence-electron chi connectivity index (χ1n) is 20.0. The predicted molar refractivity (Wildman–Crippen MR) is 227 cm³/mol. The molecule has 0 N–H and O–H groups in total. The molecular weight excluding hydrogens is 683 g/mol. The van der Waals surface area contributed by atoms with Crippen LogP contribution in [0, 0.1) is 29.1 Å². The zero-order valence-electron chi connectivity index (χ0n) is 31.9. The summed E-state index contributed by atoms with van der Waals surface area (Å²) in [6.07, 6.45) is 6.70. The lowest BCUT2D eigenvalue weighted by Gasteiger charge is -2.50. The van der Waals surface area contributed by atoms with Crippen molar-refractivity contribution in [1.82, 2.24) is 19.5 Å². The number of hydrogen-bond acceptors (Lipinski definition) is 4. The maximum atomic E-state index is 9.48. The van der Waals surface area contributed by atoms with Gasteiger partial charge in [-0.3, -0.25) is 0 Å². The van der Waals surface area contributed by atoms with Crippen LogP contribution in [0.1, 0.15) is 57.1 Å². The second-order valence-corrected chi connectivity index (χ2v) is 16.5. The number of fused-ring (bicyclic) bond motifs is 5. The zero-order chi connectivity index (χ0) is 37.8. The molecule has 0 saturated heterocycles. The van der Waals surface area contributed by atoms with Gasteiger partial charge in [0.15, 0.2) is 17.5 Å². The van der Waals surface area contributed by atoms with Gasteiger partial charge >= 0.3 is 0 Å². The minimum absolute atomic E-state index is 0.294. The van der Waals surface area contributed by atoms with Gasteiger partial charge in [-0.1, -0.05) is 111 Å². The van der Waals surface area contributed by atoms with Gasteiger partial charge in [0.05, 0.1) is 22.7 Å². The van der Waals surface area contributed by atoms with Crippen LogP contribution in [-0.4, -0.2) is 19.5 Å². The average Bonchev–Trinajstić information content (AvgIpc) is 3.58. The quantitative estimate of drug-likeness (QED) is 0.171. The highest BCUT2D eigenvalue weighted by atomic mass is 15.0. The summed E-state index contributed by atoms with van der Waals surface area (Å²) in [4.78, 5) is 15.3. The Balaban J connectivity index is 1.18. The molecule has 0 aliphatic heterocycles. The Labute approximate surface area is 328 Å². The summed E-state index contributed by atoms with van der Waals surface area (Å²) in [6.45, 7) is 4.94. The monoisotopic (exact) mass is 725 g/mol. The molecule has 0 radical (unpaired) electrons. The normalized spacial score (nSPS) is 20.6. The number of aromatic nitrogens is 4. The molecule has 56 heavy (non-hydrogen) atoms. The Kier molecular flexibility index (Phi) is 8.37. The predicted octanol–water partition coefficient (Wildman–Crippen LogP) is 12.6. The molecule has 4 atom stereocenters. The van der Waals surface area contributed by atoms with Gasteiger partial charge in [0.1, 0.15) is 0 Å². The molecule has 2 heterocycles. The highest BCUT2D eigenvalue weighted by Gasteiger charge is 2.45.